The molecule has 0 bridgehead atoms. The van der Waals surface area contributed by atoms with Crippen LogP contribution in [0.15, 0.2) is 53.4 Å². The fraction of sp³-hybridized carbons (Fsp3) is 0.333. The van der Waals surface area contributed by atoms with E-state index in [0.717, 1.165) is 5.56 Å². The number of rotatable bonds is 7. The van der Waals surface area contributed by atoms with Crippen LogP contribution in [0.3, 0.4) is 0 Å². The summed E-state index contributed by atoms with van der Waals surface area (Å²) in [7, 11) is -0.465. The van der Waals surface area contributed by atoms with Gasteiger partial charge in [0.05, 0.1) is 19.1 Å². The van der Waals surface area contributed by atoms with Crippen molar-refractivity contribution in [3.63, 3.8) is 0 Å². The zero-order chi connectivity index (χ0) is 17.7. The van der Waals surface area contributed by atoms with Crippen LogP contribution in [-0.2, 0) is 10.0 Å². The molecule has 2 rings (SSSR count). The molecule has 0 saturated heterocycles. The van der Waals surface area contributed by atoms with E-state index < -0.39 is 10.0 Å². The van der Waals surface area contributed by atoms with Crippen molar-refractivity contribution in [3.05, 3.63) is 54.1 Å². The Morgan fingerprint density at radius 3 is 2.17 bits per heavy atom. The van der Waals surface area contributed by atoms with Gasteiger partial charge in [0.15, 0.2) is 0 Å². The number of hydrogen-bond donors (Lipinski definition) is 0. The fourth-order valence-corrected chi connectivity index (χ4v) is 4.23. The van der Waals surface area contributed by atoms with Gasteiger partial charge in [0.1, 0.15) is 11.5 Å². The lowest BCUT2D eigenvalue weighted by molar-refractivity contribution is 0.354. The van der Waals surface area contributed by atoms with Crippen LogP contribution in [-0.4, -0.2) is 33.5 Å². The third kappa shape index (κ3) is 3.71. The van der Waals surface area contributed by atoms with Crippen molar-refractivity contribution >= 4 is 10.0 Å². The lowest BCUT2D eigenvalue weighted by Crippen LogP contribution is -2.33. The van der Waals surface area contributed by atoms with E-state index in [1.807, 2.05) is 38.1 Å². The molecule has 0 amide bonds. The predicted octanol–water partition coefficient (Wildman–Crippen LogP) is 3.48. The van der Waals surface area contributed by atoms with Crippen molar-refractivity contribution in [2.75, 3.05) is 20.8 Å². The molecule has 130 valence electrons. The van der Waals surface area contributed by atoms with E-state index >= 15 is 0 Å². The molecule has 2 aromatic rings. The first-order valence-electron chi connectivity index (χ1n) is 7.74. The Kier molecular flexibility index (Phi) is 5.85. The molecule has 2 aromatic carbocycles. The minimum atomic E-state index is -3.61. The molecule has 1 atom stereocenters. The fourth-order valence-electron chi connectivity index (χ4n) is 2.60. The monoisotopic (exact) mass is 349 g/mol. The third-order valence-corrected chi connectivity index (χ3v) is 6.05. The van der Waals surface area contributed by atoms with Crippen LogP contribution in [0.5, 0.6) is 11.5 Å². The summed E-state index contributed by atoms with van der Waals surface area (Å²) in [4.78, 5) is 0.250. The van der Waals surface area contributed by atoms with Gasteiger partial charge in [-0.25, -0.2) is 8.42 Å². The molecular weight excluding hydrogens is 326 g/mol. The Bertz CT molecular complexity index is 772. The first-order chi connectivity index (χ1) is 11.4. The summed E-state index contributed by atoms with van der Waals surface area (Å²) in [6, 6.07) is 13.6. The normalized spacial score (nSPS) is 12.9. The molecule has 5 nitrogen and oxygen atoms in total. The van der Waals surface area contributed by atoms with Gasteiger partial charge in [0.25, 0.3) is 0 Å². The highest BCUT2D eigenvalue weighted by molar-refractivity contribution is 7.89. The highest BCUT2D eigenvalue weighted by atomic mass is 32.2. The standard InChI is InChI=1S/C18H23NO4S/c1-5-19(14(2)15-7-6-8-17(13-15)23-4)24(20,21)18-11-9-16(22-3)10-12-18/h6-14H,5H2,1-4H3. The van der Waals surface area contributed by atoms with Gasteiger partial charge < -0.3 is 9.47 Å². The maximum Gasteiger partial charge on any atom is 0.243 e. The van der Waals surface area contributed by atoms with Crippen LogP contribution < -0.4 is 9.47 Å². The lowest BCUT2D eigenvalue weighted by Gasteiger charge is -2.27. The second kappa shape index (κ2) is 7.68. The molecule has 0 radical (unpaired) electrons. The summed E-state index contributed by atoms with van der Waals surface area (Å²) >= 11 is 0. The van der Waals surface area contributed by atoms with Crippen LogP contribution in [0.1, 0.15) is 25.5 Å². The summed E-state index contributed by atoms with van der Waals surface area (Å²) in [6.45, 7) is 4.07. The number of hydrogen-bond acceptors (Lipinski definition) is 4. The molecule has 0 aliphatic carbocycles. The van der Waals surface area contributed by atoms with E-state index in [1.54, 1.807) is 38.5 Å². The summed E-state index contributed by atoms with van der Waals surface area (Å²) in [5.74, 6) is 1.33. The Balaban J connectivity index is 2.37. The largest absolute Gasteiger partial charge is 0.497 e. The van der Waals surface area contributed by atoms with E-state index in [0.29, 0.717) is 18.0 Å². The molecular formula is C18H23NO4S. The molecule has 6 heteroatoms. The number of sulfonamides is 1. The zero-order valence-electron chi connectivity index (χ0n) is 14.4. The number of nitrogens with zero attached hydrogens (tertiary/aromatic N) is 1. The van der Waals surface area contributed by atoms with Gasteiger partial charge in [0, 0.05) is 12.6 Å². The van der Waals surface area contributed by atoms with Crippen molar-refractivity contribution in [3.8, 4) is 11.5 Å². The van der Waals surface area contributed by atoms with E-state index in [9.17, 15) is 8.42 Å². The van der Waals surface area contributed by atoms with Crippen molar-refractivity contribution in [1.82, 2.24) is 4.31 Å². The molecule has 0 aliphatic heterocycles. The Morgan fingerprint density at radius 2 is 1.62 bits per heavy atom. The molecule has 0 aromatic heterocycles. The van der Waals surface area contributed by atoms with Crippen LogP contribution in [0.4, 0.5) is 0 Å². The van der Waals surface area contributed by atoms with Crippen molar-refractivity contribution in [1.29, 1.82) is 0 Å². The number of methoxy groups -OCH3 is 2. The molecule has 0 spiro atoms. The van der Waals surface area contributed by atoms with Crippen LogP contribution in [0.25, 0.3) is 0 Å². The average molecular weight is 349 g/mol. The van der Waals surface area contributed by atoms with Gasteiger partial charge in [0.2, 0.25) is 10.0 Å². The summed E-state index contributed by atoms with van der Waals surface area (Å²) in [6.07, 6.45) is 0. The van der Waals surface area contributed by atoms with Gasteiger partial charge in [-0.3, -0.25) is 0 Å². The molecule has 1 unspecified atom stereocenters. The van der Waals surface area contributed by atoms with Crippen molar-refractivity contribution in [2.24, 2.45) is 0 Å². The first kappa shape index (κ1) is 18.3. The quantitative estimate of drug-likeness (QED) is 0.768. The minimum absolute atomic E-state index is 0.250. The van der Waals surface area contributed by atoms with E-state index in [2.05, 4.69) is 0 Å². The van der Waals surface area contributed by atoms with E-state index in [4.69, 9.17) is 9.47 Å². The van der Waals surface area contributed by atoms with Crippen LogP contribution in [0.2, 0.25) is 0 Å². The average Bonchev–Trinajstić information content (AvgIpc) is 2.62. The summed E-state index contributed by atoms with van der Waals surface area (Å²) in [5.41, 5.74) is 0.883. The summed E-state index contributed by atoms with van der Waals surface area (Å²) in [5, 5.41) is 0. The summed E-state index contributed by atoms with van der Waals surface area (Å²) < 4.78 is 37.8. The molecule has 0 N–H and O–H groups in total. The Hall–Kier alpha value is -2.05. The van der Waals surface area contributed by atoms with Gasteiger partial charge >= 0.3 is 0 Å². The minimum Gasteiger partial charge on any atom is -0.497 e. The molecule has 0 fully saturated rings. The molecule has 0 heterocycles. The van der Waals surface area contributed by atoms with Gasteiger partial charge in [-0.05, 0) is 48.9 Å². The van der Waals surface area contributed by atoms with Crippen molar-refractivity contribution < 1.29 is 17.9 Å². The second-order valence-corrected chi connectivity index (χ2v) is 7.23. The smallest absolute Gasteiger partial charge is 0.243 e. The van der Waals surface area contributed by atoms with Crippen LogP contribution >= 0.6 is 0 Å². The van der Waals surface area contributed by atoms with E-state index in [-0.39, 0.29) is 10.9 Å². The van der Waals surface area contributed by atoms with Gasteiger partial charge in [-0.15, -0.1) is 0 Å². The van der Waals surface area contributed by atoms with E-state index in [1.165, 1.54) is 4.31 Å². The number of ether oxygens (including phenoxy) is 2. The Labute approximate surface area is 143 Å². The molecule has 24 heavy (non-hydrogen) atoms. The SMILES string of the molecule is CCN(C(C)c1cccc(OC)c1)S(=O)(=O)c1ccc(OC)cc1. The second-order valence-electron chi connectivity index (χ2n) is 5.34. The predicted molar refractivity (Wildman–Crippen MR) is 94.0 cm³/mol. The van der Waals surface area contributed by atoms with Gasteiger partial charge in [-0.2, -0.15) is 4.31 Å². The number of benzene rings is 2. The highest BCUT2D eigenvalue weighted by Crippen LogP contribution is 2.29. The third-order valence-electron chi connectivity index (χ3n) is 3.99. The molecule has 0 aliphatic rings. The lowest BCUT2D eigenvalue weighted by atomic mass is 10.1. The maximum atomic E-state index is 13.0. The Morgan fingerprint density at radius 1 is 1.00 bits per heavy atom. The van der Waals surface area contributed by atoms with Crippen molar-refractivity contribution in [2.45, 2.75) is 24.8 Å². The first-order valence-corrected chi connectivity index (χ1v) is 9.18. The van der Waals surface area contributed by atoms with Crippen LogP contribution in [0, 0.1) is 0 Å². The topological polar surface area (TPSA) is 55.8 Å². The molecule has 0 saturated carbocycles. The zero-order valence-corrected chi connectivity index (χ0v) is 15.2. The van der Waals surface area contributed by atoms with Gasteiger partial charge in [-0.1, -0.05) is 19.1 Å². The highest BCUT2D eigenvalue weighted by Gasteiger charge is 2.28. The maximum absolute atomic E-state index is 13.0.